The Morgan fingerprint density at radius 3 is 2.84 bits per heavy atom. The van der Waals surface area contributed by atoms with Crippen LogP contribution in [0.15, 0.2) is 60.9 Å². The van der Waals surface area contributed by atoms with Crippen molar-refractivity contribution in [1.82, 2.24) is 14.8 Å². The zero-order chi connectivity index (χ0) is 17.2. The number of para-hydroxylation sites is 1. The maximum absolute atomic E-state index is 12.4. The molecule has 2 aromatic carbocycles. The molecule has 0 aliphatic heterocycles. The van der Waals surface area contributed by atoms with Gasteiger partial charge >= 0.3 is 0 Å². The Hall–Kier alpha value is -3.41. The first-order valence-electron chi connectivity index (χ1n) is 8.03. The number of fused-ring (bicyclic) bond motifs is 2. The minimum absolute atomic E-state index is 0.0969. The van der Waals surface area contributed by atoms with Crippen LogP contribution in [0.1, 0.15) is 17.6 Å². The fourth-order valence-corrected chi connectivity index (χ4v) is 2.88. The first-order chi connectivity index (χ1) is 12.2. The number of aromatic amines is 1. The number of rotatable bonds is 4. The molecule has 0 fully saturated rings. The Morgan fingerprint density at radius 1 is 1.04 bits per heavy atom. The molecule has 0 atom stereocenters. The molecule has 124 valence electrons. The molecule has 0 bridgehead atoms. The molecule has 0 spiro atoms. The molecule has 0 saturated heterocycles. The number of aromatic nitrogens is 3. The number of carbonyl (C=O) groups is 2. The third-order valence-corrected chi connectivity index (χ3v) is 4.16. The normalized spacial score (nSPS) is 11.0. The molecule has 25 heavy (non-hydrogen) atoms. The standard InChI is InChI=1S/C19H16N4O2/c24-18(21-15-6-5-14-12-20-22-16(14)11-15)7-8-19(25)23-10-9-13-3-1-2-4-17(13)23/h1-6,9-12H,7-8H2,(H,20,22)(H,21,24). The Morgan fingerprint density at radius 2 is 1.92 bits per heavy atom. The highest BCUT2D eigenvalue weighted by molar-refractivity contribution is 5.97. The third-order valence-electron chi connectivity index (χ3n) is 4.16. The minimum Gasteiger partial charge on any atom is -0.326 e. The van der Waals surface area contributed by atoms with Crippen LogP contribution in [0.2, 0.25) is 0 Å². The summed E-state index contributed by atoms with van der Waals surface area (Å²) < 4.78 is 1.60. The minimum atomic E-state index is -0.191. The number of H-pyrrole nitrogens is 1. The van der Waals surface area contributed by atoms with Crippen molar-refractivity contribution in [3.8, 4) is 0 Å². The monoisotopic (exact) mass is 332 g/mol. The largest absolute Gasteiger partial charge is 0.326 e. The van der Waals surface area contributed by atoms with Gasteiger partial charge in [0.15, 0.2) is 0 Å². The van der Waals surface area contributed by atoms with Crippen LogP contribution in [0.5, 0.6) is 0 Å². The molecule has 0 saturated carbocycles. The molecular weight excluding hydrogens is 316 g/mol. The summed E-state index contributed by atoms with van der Waals surface area (Å²) in [5.74, 6) is -0.288. The average molecular weight is 332 g/mol. The van der Waals surface area contributed by atoms with E-state index in [1.165, 1.54) is 0 Å². The van der Waals surface area contributed by atoms with Gasteiger partial charge in [-0.3, -0.25) is 19.3 Å². The number of nitrogens with zero attached hydrogens (tertiary/aromatic N) is 2. The van der Waals surface area contributed by atoms with Gasteiger partial charge in [-0.05, 0) is 30.3 Å². The average Bonchev–Trinajstić information content (AvgIpc) is 3.26. The van der Waals surface area contributed by atoms with E-state index in [-0.39, 0.29) is 24.7 Å². The predicted molar refractivity (Wildman–Crippen MR) is 96.5 cm³/mol. The Balaban J connectivity index is 1.40. The summed E-state index contributed by atoms with van der Waals surface area (Å²) in [6.45, 7) is 0. The van der Waals surface area contributed by atoms with Gasteiger partial charge in [0.1, 0.15) is 0 Å². The van der Waals surface area contributed by atoms with Crippen LogP contribution in [0.4, 0.5) is 5.69 Å². The Kier molecular flexibility index (Phi) is 3.78. The number of nitrogens with one attached hydrogen (secondary N) is 2. The molecule has 0 aliphatic rings. The van der Waals surface area contributed by atoms with Crippen LogP contribution >= 0.6 is 0 Å². The summed E-state index contributed by atoms with van der Waals surface area (Å²) in [6, 6.07) is 15.1. The topological polar surface area (TPSA) is 79.8 Å². The van der Waals surface area contributed by atoms with Gasteiger partial charge < -0.3 is 5.32 Å². The zero-order valence-electron chi connectivity index (χ0n) is 13.4. The molecule has 0 aliphatic carbocycles. The van der Waals surface area contributed by atoms with Gasteiger partial charge in [0.25, 0.3) is 0 Å². The number of benzene rings is 2. The van der Waals surface area contributed by atoms with E-state index in [0.717, 1.165) is 21.8 Å². The molecule has 2 N–H and O–H groups in total. The quantitative estimate of drug-likeness (QED) is 0.599. The highest BCUT2D eigenvalue weighted by Crippen LogP contribution is 2.18. The van der Waals surface area contributed by atoms with Gasteiger partial charge in [0, 0.05) is 35.5 Å². The van der Waals surface area contributed by atoms with Crippen molar-refractivity contribution in [3.05, 3.63) is 60.9 Å². The van der Waals surface area contributed by atoms with Gasteiger partial charge in [-0.2, -0.15) is 5.10 Å². The molecule has 4 rings (SSSR count). The van der Waals surface area contributed by atoms with Crippen molar-refractivity contribution in [2.45, 2.75) is 12.8 Å². The van der Waals surface area contributed by atoms with Crippen molar-refractivity contribution in [2.75, 3.05) is 5.32 Å². The van der Waals surface area contributed by atoms with Crippen LogP contribution in [0, 0.1) is 0 Å². The highest BCUT2D eigenvalue weighted by atomic mass is 16.2. The molecule has 1 amide bonds. The summed E-state index contributed by atoms with van der Waals surface area (Å²) in [5, 5.41) is 11.6. The first-order valence-corrected chi connectivity index (χ1v) is 8.03. The second-order valence-corrected chi connectivity index (χ2v) is 5.86. The Labute approximate surface area is 143 Å². The fraction of sp³-hybridized carbons (Fsp3) is 0.105. The van der Waals surface area contributed by atoms with E-state index < -0.39 is 0 Å². The van der Waals surface area contributed by atoms with E-state index in [1.54, 1.807) is 17.0 Å². The molecule has 2 heterocycles. The van der Waals surface area contributed by atoms with Crippen LogP contribution < -0.4 is 5.32 Å². The van der Waals surface area contributed by atoms with Crippen LogP contribution in [-0.2, 0) is 4.79 Å². The SMILES string of the molecule is O=C(CCC(=O)n1ccc2ccccc21)Nc1ccc2cn[nH]c2c1. The predicted octanol–water partition coefficient (Wildman–Crippen LogP) is 3.58. The summed E-state index contributed by atoms with van der Waals surface area (Å²) in [7, 11) is 0. The maximum atomic E-state index is 12.4. The first kappa shape index (κ1) is 15.1. The highest BCUT2D eigenvalue weighted by Gasteiger charge is 2.11. The lowest BCUT2D eigenvalue weighted by molar-refractivity contribution is -0.116. The summed E-state index contributed by atoms with van der Waals surface area (Å²) in [6.07, 6.45) is 3.75. The van der Waals surface area contributed by atoms with Crippen LogP contribution in [0.25, 0.3) is 21.8 Å². The molecule has 2 aromatic heterocycles. The molecule has 4 aromatic rings. The molecule has 6 heteroatoms. The van der Waals surface area contributed by atoms with Gasteiger partial charge in [-0.25, -0.2) is 0 Å². The van der Waals surface area contributed by atoms with Crippen molar-refractivity contribution in [2.24, 2.45) is 0 Å². The second-order valence-electron chi connectivity index (χ2n) is 5.86. The number of hydrogen-bond donors (Lipinski definition) is 2. The molecule has 0 unspecified atom stereocenters. The lowest BCUT2D eigenvalue weighted by Gasteiger charge is -2.06. The van der Waals surface area contributed by atoms with Gasteiger partial charge in [0.2, 0.25) is 11.8 Å². The lowest BCUT2D eigenvalue weighted by atomic mass is 10.2. The van der Waals surface area contributed by atoms with Gasteiger partial charge in [-0.1, -0.05) is 18.2 Å². The van der Waals surface area contributed by atoms with E-state index in [0.29, 0.717) is 5.69 Å². The zero-order valence-corrected chi connectivity index (χ0v) is 13.4. The summed E-state index contributed by atoms with van der Waals surface area (Å²) >= 11 is 0. The van der Waals surface area contributed by atoms with Crippen molar-refractivity contribution < 1.29 is 9.59 Å². The van der Waals surface area contributed by atoms with E-state index in [9.17, 15) is 9.59 Å². The fourth-order valence-electron chi connectivity index (χ4n) is 2.88. The molecular formula is C19H16N4O2. The second kappa shape index (κ2) is 6.24. The summed E-state index contributed by atoms with van der Waals surface area (Å²) in [5.41, 5.74) is 2.39. The number of anilines is 1. The van der Waals surface area contributed by atoms with E-state index >= 15 is 0 Å². The van der Waals surface area contributed by atoms with Crippen molar-refractivity contribution >= 4 is 39.3 Å². The number of amides is 1. The van der Waals surface area contributed by atoms with E-state index in [2.05, 4.69) is 15.5 Å². The lowest BCUT2D eigenvalue weighted by Crippen LogP contribution is -2.16. The summed E-state index contributed by atoms with van der Waals surface area (Å²) in [4.78, 5) is 24.5. The van der Waals surface area contributed by atoms with Crippen LogP contribution in [-0.4, -0.2) is 26.6 Å². The van der Waals surface area contributed by atoms with Crippen LogP contribution in [0.3, 0.4) is 0 Å². The Bertz CT molecular complexity index is 1080. The maximum Gasteiger partial charge on any atom is 0.231 e. The van der Waals surface area contributed by atoms with Gasteiger partial charge in [-0.15, -0.1) is 0 Å². The smallest absolute Gasteiger partial charge is 0.231 e. The number of carbonyl (C=O) groups excluding carboxylic acids is 2. The third kappa shape index (κ3) is 3.01. The van der Waals surface area contributed by atoms with Crippen molar-refractivity contribution in [1.29, 1.82) is 0 Å². The molecule has 6 nitrogen and oxygen atoms in total. The van der Waals surface area contributed by atoms with E-state index in [1.807, 2.05) is 48.5 Å². The number of hydrogen-bond acceptors (Lipinski definition) is 3. The van der Waals surface area contributed by atoms with Gasteiger partial charge in [0.05, 0.1) is 17.2 Å². The van der Waals surface area contributed by atoms with Crippen molar-refractivity contribution in [3.63, 3.8) is 0 Å². The van der Waals surface area contributed by atoms with E-state index in [4.69, 9.17) is 0 Å². The molecule has 0 radical (unpaired) electrons.